The number of aryl methyl sites for hydroxylation is 1. The van der Waals surface area contributed by atoms with Gasteiger partial charge in [-0.1, -0.05) is 29.3 Å². The standard InChI is InChI=1S/C10H14ClN3.C7H8O3S/c11-10-2-1-9(7-13-10)14-5-3-8(12)4-6-14;1-6-2-4-7(5-3-6)11(8,9)10/h1-2,7-8H,3-6,12H2;2-5H,1H3,(H,8,9,10). The molecule has 25 heavy (non-hydrogen) atoms. The Labute approximate surface area is 153 Å². The molecule has 0 spiro atoms. The summed E-state index contributed by atoms with van der Waals surface area (Å²) in [4.78, 5) is 6.30. The molecule has 0 atom stereocenters. The van der Waals surface area contributed by atoms with Crippen LogP contribution in [0.3, 0.4) is 0 Å². The van der Waals surface area contributed by atoms with Crippen molar-refractivity contribution in [2.24, 2.45) is 5.73 Å². The zero-order chi connectivity index (χ0) is 18.4. The minimum Gasteiger partial charge on any atom is -0.370 e. The van der Waals surface area contributed by atoms with Gasteiger partial charge in [-0.25, -0.2) is 4.98 Å². The molecule has 0 bridgehead atoms. The maximum absolute atomic E-state index is 10.5. The molecule has 0 aliphatic carbocycles. The third-order valence-electron chi connectivity index (χ3n) is 3.94. The minimum absolute atomic E-state index is 0.0666. The summed E-state index contributed by atoms with van der Waals surface area (Å²) in [7, 11) is -4.02. The van der Waals surface area contributed by atoms with E-state index < -0.39 is 10.1 Å². The molecule has 1 aliphatic rings. The molecule has 3 rings (SSSR count). The van der Waals surface area contributed by atoms with Crippen molar-refractivity contribution in [3.05, 3.63) is 53.3 Å². The maximum Gasteiger partial charge on any atom is 0.294 e. The van der Waals surface area contributed by atoms with Gasteiger partial charge in [-0.05, 0) is 44.0 Å². The fourth-order valence-electron chi connectivity index (χ4n) is 2.42. The first-order valence-electron chi connectivity index (χ1n) is 7.92. The molecule has 0 amide bonds. The van der Waals surface area contributed by atoms with Crippen LogP contribution in [0.4, 0.5) is 5.69 Å². The third-order valence-corrected chi connectivity index (χ3v) is 5.03. The van der Waals surface area contributed by atoms with Gasteiger partial charge in [-0.3, -0.25) is 4.55 Å². The van der Waals surface area contributed by atoms with Crippen molar-refractivity contribution >= 4 is 27.4 Å². The highest BCUT2D eigenvalue weighted by Crippen LogP contribution is 2.19. The highest BCUT2D eigenvalue weighted by atomic mass is 35.5. The Morgan fingerprint density at radius 2 is 1.76 bits per heavy atom. The van der Waals surface area contributed by atoms with Gasteiger partial charge in [-0.2, -0.15) is 8.42 Å². The summed E-state index contributed by atoms with van der Waals surface area (Å²) in [6, 6.07) is 10.2. The lowest BCUT2D eigenvalue weighted by Crippen LogP contribution is -2.39. The van der Waals surface area contributed by atoms with Gasteiger partial charge in [0, 0.05) is 19.1 Å². The quantitative estimate of drug-likeness (QED) is 0.611. The lowest BCUT2D eigenvalue weighted by Gasteiger charge is -2.31. The SMILES string of the molecule is Cc1ccc(S(=O)(=O)O)cc1.NC1CCN(c2ccc(Cl)nc2)CC1. The van der Waals surface area contributed by atoms with E-state index in [1.54, 1.807) is 12.1 Å². The number of aromatic nitrogens is 1. The Hall–Kier alpha value is -1.67. The molecule has 1 aromatic carbocycles. The lowest BCUT2D eigenvalue weighted by molar-refractivity contribution is 0.483. The van der Waals surface area contributed by atoms with Crippen molar-refractivity contribution in [3.8, 4) is 0 Å². The number of rotatable bonds is 2. The summed E-state index contributed by atoms with van der Waals surface area (Å²) < 4.78 is 29.6. The molecule has 1 fully saturated rings. The van der Waals surface area contributed by atoms with Gasteiger partial charge in [0.25, 0.3) is 10.1 Å². The van der Waals surface area contributed by atoms with E-state index in [4.69, 9.17) is 21.9 Å². The first kappa shape index (κ1) is 19.7. The van der Waals surface area contributed by atoms with E-state index in [2.05, 4.69) is 9.88 Å². The van der Waals surface area contributed by atoms with Crippen LogP contribution in [0.25, 0.3) is 0 Å². The summed E-state index contributed by atoms with van der Waals surface area (Å²) in [6.07, 6.45) is 3.93. The number of nitrogens with two attached hydrogens (primary N) is 1. The molecule has 3 N–H and O–H groups in total. The zero-order valence-electron chi connectivity index (χ0n) is 14.0. The van der Waals surface area contributed by atoms with Crippen LogP contribution in [-0.2, 0) is 10.1 Å². The predicted molar refractivity (Wildman–Crippen MR) is 99.7 cm³/mol. The molecular weight excluding hydrogens is 362 g/mol. The van der Waals surface area contributed by atoms with E-state index in [1.165, 1.54) is 12.1 Å². The number of nitrogens with zero attached hydrogens (tertiary/aromatic N) is 2. The molecule has 2 heterocycles. The van der Waals surface area contributed by atoms with Gasteiger partial charge in [0.15, 0.2) is 0 Å². The molecule has 6 nitrogen and oxygen atoms in total. The smallest absolute Gasteiger partial charge is 0.294 e. The van der Waals surface area contributed by atoms with Gasteiger partial charge in [0.1, 0.15) is 5.15 Å². The van der Waals surface area contributed by atoms with E-state index in [9.17, 15) is 8.42 Å². The predicted octanol–water partition coefficient (Wildman–Crippen LogP) is 2.90. The number of hydrogen-bond donors (Lipinski definition) is 2. The molecule has 1 aliphatic heterocycles. The van der Waals surface area contributed by atoms with Crippen molar-refractivity contribution in [2.75, 3.05) is 18.0 Å². The summed E-state index contributed by atoms with van der Waals surface area (Å²) in [5.74, 6) is 0. The fraction of sp³-hybridized carbons (Fsp3) is 0.353. The summed E-state index contributed by atoms with van der Waals surface area (Å²) in [6.45, 7) is 3.88. The summed E-state index contributed by atoms with van der Waals surface area (Å²) in [5, 5.41) is 0.544. The second-order valence-electron chi connectivity index (χ2n) is 5.95. The van der Waals surface area contributed by atoms with Gasteiger partial charge in [0.05, 0.1) is 16.8 Å². The fourth-order valence-corrected chi connectivity index (χ4v) is 3.01. The van der Waals surface area contributed by atoms with Gasteiger partial charge in [-0.15, -0.1) is 0 Å². The molecule has 0 unspecified atom stereocenters. The van der Waals surface area contributed by atoms with E-state index >= 15 is 0 Å². The zero-order valence-corrected chi connectivity index (χ0v) is 15.5. The van der Waals surface area contributed by atoms with Crippen LogP contribution in [0.2, 0.25) is 5.15 Å². The van der Waals surface area contributed by atoms with Gasteiger partial charge >= 0.3 is 0 Å². The highest BCUT2D eigenvalue weighted by Gasteiger charge is 2.16. The Balaban J connectivity index is 0.000000186. The summed E-state index contributed by atoms with van der Waals surface area (Å²) >= 11 is 5.72. The molecule has 2 aromatic rings. The molecule has 8 heteroatoms. The molecule has 0 radical (unpaired) electrons. The van der Waals surface area contributed by atoms with Gasteiger partial charge in [0.2, 0.25) is 0 Å². The van der Waals surface area contributed by atoms with Crippen molar-refractivity contribution in [1.82, 2.24) is 4.98 Å². The third kappa shape index (κ3) is 6.28. The Morgan fingerprint density at radius 1 is 1.16 bits per heavy atom. The number of benzene rings is 1. The van der Waals surface area contributed by atoms with E-state index in [0.29, 0.717) is 11.2 Å². The van der Waals surface area contributed by atoms with Crippen LogP contribution >= 0.6 is 11.6 Å². The average Bonchev–Trinajstić information content (AvgIpc) is 2.57. The Morgan fingerprint density at radius 3 is 2.24 bits per heavy atom. The van der Waals surface area contributed by atoms with Crippen molar-refractivity contribution in [2.45, 2.75) is 30.7 Å². The van der Waals surface area contributed by atoms with Crippen LogP contribution in [0.5, 0.6) is 0 Å². The first-order valence-corrected chi connectivity index (χ1v) is 9.74. The maximum atomic E-state index is 10.5. The van der Waals surface area contributed by atoms with Crippen molar-refractivity contribution in [3.63, 3.8) is 0 Å². The molecule has 1 saturated heterocycles. The Bertz CT molecular complexity index is 772. The first-order chi connectivity index (χ1) is 11.8. The van der Waals surface area contributed by atoms with E-state index in [0.717, 1.165) is 37.2 Å². The number of pyridine rings is 1. The largest absolute Gasteiger partial charge is 0.370 e. The molecule has 1 aromatic heterocycles. The van der Waals surface area contributed by atoms with Crippen LogP contribution in [0, 0.1) is 6.92 Å². The number of anilines is 1. The van der Waals surface area contributed by atoms with Gasteiger partial charge < -0.3 is 10.6 Å². The number of halogens is 1. The monoisotopic (exact) mass is 383 g/mol. The van der Waals surface area contributed by atoms with Crippen molar-refractivity contribution in [1.29, 1.82) is 0 Å². The molecule has 136 valence electrons. The van der Waals surface area contributed by atoms with Crippen LogP contribution < -0.4 is 10.6 Å². The topological polar surface area (TPSA) is 96.5 Å². The second kappa shape index (κ2) is 8.62. The normalized spacial score (nSPS) is 15.4. The highest BCUT2D eigenvalue weighted by molar-refractivity contribution is 7.85. The Kier molecular flexibility index (Phi) is 6.78. The van der Waals surface area contributed by atoms with Crippen LogP contribution in [0.15, 0.2) is 47.5 Å². The lowest BCUT2D eigenvalue weighted by atomic mass is 10.1. The average molecular weight is 384 g/mol. The van der Waals surface area contributed by atoms with E-state index in [-0.39, 0.29) is 4.90 Å². The van der Waals surface area contributed by atoms with Crippen LogP contribution in [-0.4, -0.2) is 37.1 Å². The minimum atomic E-state index is -4.02. The molecular formula is C17H22ClN3O3S. The second-order valence-corrected chi connectivity index (χ2v) is 7.76. The number of piperidine rings is 1. The van der Waals surface area contributed by atoms with E-state index in [1.807, 2.05) is 25.3 Å². The molecule has 0 saturated carbocycles. The van der Waals surface area contributed by atoms with Crippen LogP contribution in [0.1, 0.15) is 18.4 Å². The van der Waals surface area contributed by atoms with Crippen molar-refractivity contribution < 1.29 is 13.0 Å². The number of hydrogen-bond acceptors (Lipinski definition) is 5. The summed E-state index contributed by atoms with van der Waals surface area (Å²) in [5.41, 5.74) is 7.93.